The Kier molecular flexibility index (Phi) is 5.79. The van der Waals surface area contributed by atoms with Crippen LogP contribution in [0.1, 0.15) is 41.2 Å². The van der Waals surface area contributed by atoms with Gasteiger partial charge in [0.1, 0.15) is 6.54 Å². The van der Waals surface area contributed by atoms with Crippen molar-refractivity contribution in [2.24, 2.45) is 4.99 Å². The number of nitrogens with zero attached hydrogens (tertiary/aromatic N) is 4. The van der Waals surface area contributed by atoms with E-state index in [-0.39, 0.29) is 12.5 Å². The molecule has 0 saturated heterocycles. The smallest absolute Gasteiger partial charge is 0.326 e. The zero-order chi connectivity index (χ0) is 20.4. The molecule has 0 bridgehead atoms. The van der Waals surface area contributed by atoms with Gasteiger partial charge in [0.25, 0.3) is 5.91 Å². The fourth-order valence-corrected chi connectivity index (χ4v) is 4.08. The van der Waals surface area contributed by atoms with Crippen LogP contribution in [-0.4, -0.2) is 32.8 Å². The molecular formula is C20H24N4O3S. The highest BCUT2D eigenvalue weighted by Gasteiger charge is 2.15. The van der Waals surface area contributed by atoms with Gasteiger partial charge in [0.2, 0.25) is 0 Å². The number of carbonyl (C=O) groups is 2. The Balaban J connectivity index is 2.13. The summed E-state index contributed by atoms with van der Waals surface area (Å²) >= 11 is 1.38. The first-order valence-corrected chi connectivity index (χ1v) is 10.0. The SMILES string of the molecule is CCOC(=O)Cn1c(=NC(=O)c2cc(C)n(CC)n2)sc2cc(C)c(C)cc21. The largest absolute Gasteiger partial charge is 0.465 e. The first-order chi connectivity index (χ1) is 13.3. The Morgan fingerprint density at radius 2 is 1.86 bits per heavy atom. The van der Waals surface area contributed by atoms with Crippen molar-refractivity contribution in [3.8, 4) is 0 Å². The number of ether oxygens (including phenoxy) is 1. The van der Waals surface area contributed by atoms with Gasteiger partial charge >= 0.3 is 5.97 Å². The monoisotopic (exact) mass is 400 g/mol. The highest BCUT2D eigenvalue weighted by atomic mass is 32.1. The van der Waals surface area contributed by atoms with Crippen LogP contribution in [0, 0.1) is 20.8 Å². The van der Waals surface area contributed by atoms with Crippen LogP contribution in [0.15, 0.2) is 23.2 Å². The van der Waals surface area contributed by atoms with Gasteiger partial charge < -0.3 is 9.30 Å². The first kappa shape index (κ1) is 20.0. The molecule has 3 aromatic rings. The fraction of sp³-hybridized carbons (Fsp3) is 0.400. The summed E-state index contributed by atoms with van der Waals surface area (Å²) < 4.78 is 9.56. The summed E-state index contributed by atoms with van der Waals surface area (Å²) in [7, 11) is 0. The lowest BCUT2D eigenvalue weighted by atomic mass is 10.1. The van der Waals surface area contributed by atoms with E-state index in [9.17, 15) is 9.59 Å². The average molecular weight is 401 g/mol. The molecule has 0 saturated carbocycles. The van der Waals surface area contributed by atoms with E-state index in [1.807, 2.05) is 33.8 Å². The maximum absolute atomic E-state index is 12.7. The number of thiazole rings is 1. The van der Waals surface area contributed by atoms with Crippen molar-refractivity contribution in [2.75, 3.05) is 6.61 Å². The number of hydrogen-bond donors (Lipinski definition) is 0. The molecule has 0 unspecified atom stereocenters. The normalized spacial score (nSPS) is 12.0. The third-order valence-corrected chi connectivity index (χ3v) is 5.63. The first-order valence-electron chi connectivity index (χ1n) is 9.23. The molecule has 0 fully saturated rings. The van der Waals surface area contributed by atoms with Crippen LogP contribution >= 0.6 is 11.3 Å². The molecule has 3 rings (SSSR count). The van der Waals surface area contributed by atoms with Crippen molar-refractivity contribution in [3.05, 3.63) is 45.5 Å². The quantitative estimate of drug-likeness (QED) is 0.617. The molecule has 0 N–H and O–H groups in total. The molecule has 0 aliphatic rings. The lowest BCUT2D eigenvalue weighted by Crippen LogP contribution is -2.23. The van der Waals surface area contributed by atoms with E-state index < -0.39 is 5.91 Å². The Labute approximate surface area is 167 Å². The summed E-state index contributed by atoms with van der Waals surface area (Å²) in [5.74, 6) is -0.784. The summed E-state index contributed by atoms with van der Waals surface area (Å²) in [6.45, 7) is 10.7. The van der Waals surface area contributed by atoms with Gasteiger partial charge in [-0.1, -0.05) is 11.3 Å². The zero-order valence-electron chi connectivity index (χ0n) is 16.8. The van der Waals surface area contributed by atoms with Crippen molar-refractivity contribution in [1.29, 1.82) is 0 Å². The number of rotatable bonds is 5. The summed E-state index contributed by atoms with van der Waals surface area (Å²) in [6.07, 6.45) is 0. The number of esters is 1. The predicted molar refractivity (Wildman–Crippen MR) is 108 cm³/mol. The number of aromatic nitrogens is 3. The molecule has 1 amide bonds. The zero-order valence-corrected chi connectivity index (χ0v) is 17.6. The number of carbonyl (C=O) groups excluding carboxylic acids is 2. The van der Waals surface area contributed by atoms with Crippen molar-refractivity contribution < 1.29 is 14.3 Å². The van der Waals surface area contributed by atoms with Gasteiger partial charge in [-0.15, -0.1) is 0 Å². The van der Waals surface area contributed by atoms with Gasteiger partial charge in [0.15, 0.2) is 10.5 Å². The second-order valence-corrected chi connectivity index (χ2v) is 7.59. The van der Waals surface area contributed by atoms with Gasteiger partial charge in [0, 0.05) is 12.2 Å². The van der Waals surface area contributed by atoms with Crippen LogP contribution in [0.2, 0.25) is 0 Å². The Morgan fingerprint density at radius 3 is 2.50 bits per heavy atom. The van der Waals surface area contributed by atoms with E-state index in [1.54, 1.807) is 22.2 Å². The minimum Gasteiger partial charge on any atom is -0.465 e. The van der Waals surface area contributed by atoms with Gasteiger partial charge in [-0.2, -0.15) is 10.1 Å². The second-order valence-electron chi connectivity index (χ2n) is 6.58. The molecule has 2 aromatic heterocycles. The Bertz CT molecular complexity index is 1120. The summed E-state index contributed by atoms with van der Waals surface area (Å²) in [5.41, 5.74) is 4.32. The van der Waals surface area contributed by atoms with Gasteiger partial charge in [-0.05, 0) is 63.9 Å². The molecule has 28 heavy (non-hydrogen) atoms. The topological polar surface area (TPSA) is 78.5 Å². The molecule has 0 atom stereocenters. The number of fused-ring (bicyclic) bond motifs is 1. The van der Waals surface area contributed by atoms with E-state index in [1.165, 1.54) is 11.3 Å². The minimum atomic E-state index is -0.423. The number of amides is 1. The van der Waals surface area contributed by atoms with E-state index >= 15 is 0 Å². The van der Waals surface area contributed by atoms with Crippen LogP contribution in [0.3, 0.4) is 0 Å². The molecule has 7 nitrogen and oxygen atoms in total. The van der Waals surface area contributed by atoms with Gasteiger partial charge in [0.05, 0.1) is 16.8 Å². The van der Waals surface area contributed by atoms with Crippen LogP contribution in [0.5, 0.6) is 0 Å². The molecule has 2 heterocycles. The molecular weight excluding hydrogens is 376 g/mol. The van der Waals surface area contributed by atoms with Gasteiger partial charge in [-0.25, -0.2) is 0 Å². The lowest BCUT2D eigenvalue weighted by molar-refractivity contribution is -0.143. The maximum atomic E-state index is 12.7. The van der Waals surface area contributed by atoms with E-state index in [4.69, 9.17) is 4.74 Å². The lowest BCUT2D eigenvalue weighted by Gasteiger charge is -2.06. The molecule has 148 valence electrons. The standard InChI is InChI=1S/C20H24N4O3S/c1-6-24-14(5)10-15(22-24)19(26)21-20-23(11-18(25)27-7-2)16-8-12(3)13(4)9-17(16)28-20/h8-10H,6-7,11H2,1-5H3. The highest BCUT2D eigenvalue weighted by molar-refractivity contribution is 7.16. The highest BCUT2D eigenvalue weighted by Crippen LogP contribution is 2.22. The third kappa shape index (κ3) is 3.91. The third-order valence-electron chi connectivity index (χ3n) is 4.59. The summed E-state index contributed by atoms with van der Waals surface area (Å²) in [5, 5.41) is 4.30. The van der Waals surface area contributed by atoms with E-state index in [0.29, 0.717) is 23.6 Å². The van der Waals surface area contributed by atoms with Crippen LogP contribution in [0.25, 0.3) is 10.2 Å². The van der Waals surface area contributed by atoms with Crippen molar-refractivity contribution in [3.63, 3.8) is 0 Å². The predicted octanol–water partition coefficient (Wildman–Crippen LogP) is 3.15. The minimum absolute atomic E-state index is 0.00484. The Hall–Kier alpha value is -2.74. The summed E-state index contributed by atoms with van der Waals surface area (Å²) in [6, 6.07) is 5.79. The second kappa shape index (κ2) is 8.10. The maximum Gasteiger partial charge on any atom is 0.326 e. The van der Waals surface area contributed by atoms with Crippen LogP contribution in [-0.2, 0) is 22.6 Å². The van der Waals surface area contributed by atoms with Crippen molar-refractivity contribution in [2.45, 2.75) is 47.7 Å². The van der Waals surface area contributed by atoms with Crippen LogP contribution in [0.4, 0.5) is 0 Å². The molecule has 0 aliphatic carbocycles. The molecule has 0 aliphatic heterocycles. The molecule has 0 radical (unpaired) electrons. The fourth-order valence-electron chi connectivity index (χ4n) is 2.97. The molecule has 0 spiro atoms. The van der Waals surface area contributed by atoms with E-state index in [0.717, 1.165) is 27.0 Å². The van der Waals surface area contributed by atoms with E-state index in [2.05, 4.69) is 16.2 Å². The average Bonchev–Trinajstić information content (AvgIpc) is 3.17. The van der Waals surface area contributed by atoms with Crippen molar-refractivity contribution in [1.82, 2.24) is 14.3 Å². The summed E-state index contributed by atoms with van der Waals surface area (Å²) in [4.78, 5) is 29.6. The number of hydrogen-bond acceptors (Lipinski definition) is 5. The van der Waals surface area contributed by atoms with Gasteiger partial charge in [-0.3, -0.25) is 14.3 Å². The van der Waals surface area contributed by atoms with Crippen LogP contribution < -0.4 is 4.80 Å². The molecule has 8 heteroatoms. The Morgan fingerprint density at radius 1 is 1.14 bits per heavy atom. The number of benzene rings is 1. The number of aryl methyl sites for hydroxylation is 4. The van der Waals surface area contributed by atoms with Crippen molar-refractivity contribution >= 4 is 33.4 Å². The molecule has 1 aromatic carbocycles.